The molecule has 0 heterocycles. The Balaban J connectivity index is 2.18. The Kier molecular flexibility index (Phi) is 6.34. The van der Waals surface area contributed by atoms with E-state index >= 15 is 0 Å². The molecule has 0 aliphatic heterocycles. The number of sulfonamides is 1. The number of rotatable bonds is 7. The molecule has 146 valence electrons. The maximum atomic E-state index is 13.0. The predicted octanol–water partition coefficient (Wildman–Crippen LogP) is 1.88. The molecule has 0 unspecified atom stereocenters. The fourth-order valence-corrected chi connectivity index (χ4v) is 4.44. The first-order chi connectivity index (χ1) is 12.6. The summed E-state index contributed by atoms with van der Waals surface area (Å²) in [6.07, 6.45) is 0. The molecule has 2 aromatic rings. The number of carbonyl (C=O) groups is 1. The zero-order valence-electron chi connectivity index (χ0n) is 14.7. The van der Waals surface area contributed by atoms with Crippen molar-refractivity contribution in [3.05, 3.63) is 54.3 Å². The van der Waals surface area contributed by atoms with Crippen LogP contribution in [0.15, 0.2) is 58.3 Å². The first kappa shape index (κ1) is 21.0. The number of hydrogen-bond acceptors (Lipinski definition) is 5. The van der Waals surface area contributed by atoms with Gasteiger partial charge < -0.3 is 5.32 Å². The lowest BCUT2D eigenvalue weighted by atomic mass is 10.3. The van der Waals surface area contributed by atoms with Crippen molar-refractivity contribution in [1.82, 2.24) is 4.31 Å². The maximum absolute atomic E-state index is 13.0. The van der Waals surface area contributed by atoms with Gasteiger partial charge in [-0.25, -0.2) is 21.2 Å². The van der Waals surface area contributed by atoms with E-state index in [1.54, 1.807) is 6.07 Å². The van der Waals surface area contributed by atoms with E-state index in [1.165, 1.54) is 32.2 Å². The van der Waals surface area contributed by atoms with Crippen LogP contribution in [0.5, 0.6) is 0 Å². The van der Waals surface area contributed by atoms with Gasteiger partial charge in [0.15, 0.2) is 9.84 Å². The summed E-state index contributed by atoms with van der Waals surface area (Å²) in [6.45, 7) is 0.942. The van der Waals surface area contributed by atoms with Gasteiger partial charge in [-0.1, -0.05) is 19.1 Å². The molecule has 1 amide bonds. The van der Waals surface area contributed by atoms with E-state index in [0.29, 0.717) is 0 Å². The third-order valence-corrected chi connectivity index (χ3v) is 7.37. The fourth-order valence-electron chi connectivity index (χ4n) is 2.26. The van der Waals surface area contributed by atoms with Crippen molar-refractivity contribution in [3.63, 3.8) is 0 Å². The van der Waals surface area contributed by atoms with Crippen molar-refractivity contribution in [1.29, 1.82) is 0 Å². The second-order valence-electron chi connectivity index (χ2n) is 5.66. The summed E-state index contributed by atoms with van der Waals surface area (Å²) in [6, 6.07) is 10.1. The average molecular weight is 414 g/mol. The Labute approximate surface area is 157 Å². The van der Waals surface area contributed by atoms with Gasteiger partial charge in [0.25, 0.3) is 0 Å². The first-order valence-electron chi connectivity index (χ1n) is 7.91. The Morgan fingerprint density at radius 2 is 1.63 bits per heavy atom. The standard InChI is InChI=1S/C17H19FN2O5S2/c1-3-26(22,23)16-7-5-4-6-15(16)19-17(21)12-20(2)27(24,25)14-10-8-13(18)9-11-14/h4-11H,3,12H2,1-2H3,(H,19,21). The highest BCUT2D eigenvalue weighted by atomic mass is 32.2. The third kappa shape index (κ3) is 4.90. The van der Waals surface area contributed by atoms with Gasteiger partial charge in [-0.05, 0) is 36.4 Å². The van der Waals surface area contributed by atoms with Crippen molar-refractivity contribution in [2.24, 2.45) is 0 Å². The van der Waals surface area contributed by atoms with Crippen LogP contribution in [-0.2, 0) is 24.7 Å². The molecule has 10 heteroatoms. The summed E-state index contributed by atoms with van der Waals surface area (Å²) in [5, 5.41) is 2.43. The highest BCUT2D eigenvalue weighted by Gasteiger charge is 2.24. The van der Waals surface area contributed by atoms with Gasteiger partial charge in [0, 0.05) is 7.05 Å². The normalized spacial score (nSPS) is 12.1. The van der Waals surface area contributed by atoms with Gasteiger partial charge in [-0.15, -0.1) is 0 Å². The molecule has 0 fully saturated rings. The molecule has 7 nitrogen and oxygen atoms in total. The number of nitrogens with zero attached hydrogens (tertiary/aromatic N) is 1. The van der Waals surface area contributed by atoms with Crippen molar-refractivity contribution >= 4 is 31.5 Å². The number of anilines is 1. The van der Waals surface area contributed by atoms with E-state index in [1.807, 2.05) is 0 Å². The lowest BCUT2D eigenvalue weighted by molar-refractivity contribution is -0.116. The van der Waals surface area contributed by atoms with Crippen LogP contribution in [0, 0.1) is 5.82 Å². The topological polar surface area (TPSA) is 101 Å². The summed E-state index contributed by atoms with van der Waals surface area (Å²) >= 11 is 0. The molecule has 0 aliphatic rings. The quantitative estimate of drug-likeness (QED) is 0.746. The molecule has 0 atom stereocenters. The number of sulfone groups is 1. The predicted molar refractivity (Wildman–Crippen MR) is 99.0 cm³/mol. The smallest absolute Gasteiger partial charge is 0.243 e. The monoisotopic (exact) mass is 414 g/mol. The second-order valence-corrected chi connectivity index (χ2v) is 9.95. The first-order valence-corrected chi connectivity index (χ1v) is 11.0. The van der Waals surface area contributed by atoms with Crippen molar-refractivity contribution in [2.75, 3.05) is 24.7 Å². The lowest BCUT2D eigenvalue weighted by Crippen LogP contribution is -2.35. The van der Waals surface area contributed by atoms with E-state index in [9.17, 15) is 26.0 Å². The van der Waals surface area contributed by atoms with E-state index < -0.39 is 38.1 Å². The minimum absolute atomic E-state index is 0.0371. The van der Waals surface area contributed by atoms with E-state index in [4.69, 9.17) is 0 Å². The number of amides is 1. The number of nitrogens with one attached hydrogen (secondary N) is 1. The van der Waals surface area contributed by atoms with E-state index in [-0.39, 0.29) is 21.2 Å². The lowest BCUT2D eigenvalue weighted by Gasteiger charge is -2.17. The summed E-state index contributed by atoms with van der Waals surface area (Å²) < 4.78 is 62.8. The van der Waals surface area contributed by atoms with E-state index in [2.05, 4.69) is 5.32 Å². The van der Waals surface area contributed by atoms with Crippen molar-refractivity contribution in [3.8, 4) is 0 Å². The highest BCUT2D eigenvalue weighted by Crippen LogP contribution is 2.22. The van der Waals surface area contributed by atoms with Crippen LogP contribution in [0.25, 0.3) is 0 Å². The van der Waals surface area contributed by atoms with Gasteiger partial charge in [0.1, 0.15) is 5.82 Å². The van der Waals surface area contributed by atoms with Gasteiger partial charge >= 0.3 is 0 Å². The van der Waals surface area contributed by atoms with Crippen LogP contribution < -0.4 is 5.32 Å². The van der Waals surface area contributed by atoms with Gasteiger partial charge in [0.2, 0.25) is 15.9 Å². The number of benzene rings is 2. The zero-order chi connectivity index (χ0) is 20.2. The Morgan fingerprint density at radius 1 is 1.04 bits per heavy atom. The molecule has 2 rings (SSSR count). The number of halogens is 1. The van der Waals surface area contributed by atoms with Crippen LogP contribution in [0.2, 0.25) is 0 Å². The molecule has 0 saturated heterocycles. The zero-order valence-corrected chi connectivity index (χ0v) is 16.3. The SMILES string of the molecule is CCS(=O)(=O)c1ccccc1NC(=O)CN(C)S(=O)(=O)c1ccc(F)cc1. The van der Waals surface area contributed by atoms with Gasteiger partial charge in [-0.3, -0.25) is 4.79 Å². The van der Waals surface area contributed by atoms with Crippen LogP contribution in [0.3, 0.4) is 0 Å². The fraction of sp³-hybridized carbons (Fsp3) is 0.235. The molecule has 0 radical (unpaired) electrons. The summed E-state index contributed by atoms with van der Waals surface area (Å²) in [5.41, 5.74) is 0.0805. The van der Waals surface area contributed by atoms with E-state index in [0.717, 1.165) is 28.6 Å². The molecule has 2 aromatic carbocycles. The molecule has 0 aliphatic carbocycles. The molecule has 27 heavy (non-hydrogen) atoms. The number of para-hydroxylation sites is 1. The van der Waals surface area contributed by atoms with Crippen molar-refractivity contribution in [2.45, 2.75) is 16.7 Å². The molecular weight excluding hydrogens is 395 g/mol. The Bertz CT molecular complexity index is 1040. The molecule has 0 bridgehead atoms. The largest absolute Gasteiger partial charge is 0.324 e. The molecule has 0 saturated carbocycles. The highest BCUT2D eigenvalue weighted by molar-refractivity contribution is 7.91. The third-order valence-electron chi connectivity index (χ3n) is 3.76. The molecule has 0 aromatic heterocycles. The molecule has 1 N–H and O–H groups in total. The maximum Gasteiger partial charge on any atom is 0.243 e. The molecular formula is C17H19FN2O5S2. The summed E-state index contributed by atoms with van der Waals surface area (Å²) in [5.74, 6) is -1.43. The Hall–Kier alpha value is -2.30. The number of carbonyl (C=O) groups excluding carboxylic acids is 1. The van der Waals surface area contributed by atoms with Crippen LogP contribution in [0.4, 0.5) is 10.1 Å². The Morgan fingerprint density at radius 3 is 2.22 bits per heavy atom. The summed E-state index contributed by atoms with van der Waals surface area (Å²) in [4.78, 5) is 12.1. The molecule has 0 spiro atoms. The van der Waals surface area contributed by atoms with Crippen LogP contribution in [0.1, 0.15) is 6.92 Å². The van der Waals surface area contributed by atoms with Gasteiger partial charge in [0.05, 0.1) is 27.8 Å². The van der Waals surface area contributed by atoms with Crippen LogP contribution in [-0.4, -0.2) is 46.4 Å². The number of likely N-dealkylation sites (N-methyl/N-ethyl adjacent to an activating group) is 1. The van der Waals surface area contributed by atoms with Crippen LogP contribution >= 0.6 is 0 Å². The minimum Gasteiger partial charge on any atom is -0.324 e. The van der Waals surface area contributed by atoms with Gasteiger partial charge in [-0.2, -0.15) is 4.31 Å². The average Bonchev–Trinajstić information content (AvgIpc) is 2.62. The number of hydrogen-bond donors (Lipinski definition) is 1. The second kappa shape index (κ2) is 8.15. The minimum atomic E-state index is -4.00. The van der Waals surface area contributed by atoms with Crippen molar-refractivity contribution < 1.29 is 26.0 Å². The summed E-state index contributed by atoms with van der Waals surface area (Å²) in [7, 11) is -6.36.